The van der Waals surface area contributed by atoms with Crippen molar-refractivity contribution >= 4 is 61.8 Å². The molecule has 12 aromatic carbocycles. The molecule has 0 heterocycles. The Morgan fingerprint density at radius 1 is 0.262 bits per heavy atom. The average molecular weight is 1780 g/mol. The van der Waals surface area contributed by atoms with Crippen molar-refractivity contribution in [3.05, 3.63) is 347 Å². The van der Waals surface area contributed by atoms with Gasteiger partial charge in [0.15, 0.2) is 23.0 Å². The normalized spacial score (nSPS) is 14.1. The predicted octanol–water partition coefficient (Wildman–Crippen LogP) is 26.8. The smallest absolute Gasteiger partial charge is 0.480 e. The highest BCUT2D eigenvalue weighted by molar-refractivity contribution is 7.50. The van der Waals surface area contributed by atoms with Crippen LogP contribution < -0.4 is 81.8 Å². The number of hydrogen-bond acceptors (Lipinski definition) is 25. The van der Waals surface area contributed by atoms with E-state index in [0.29, 0.717) is 69.0 Å². The molecule has 12 rings (SSSR count). The maximum atomic E-state index is 15.5. The number of rotatable bonds is 41. The Morgan fingerprint density at radius 2 is 0.484 bits per heavy atom. The van der Waals surface area contributed by atoms with Crippen LogP contribution in [0.1, 0.15) is 85.0 Å². The van der Waals surface area contributed by atoms with Crippen molar-refractivity contribution < 1.29 is 113 Å². The minimum Gasteiger partial charge on any atom is -0.480 e. The first kappa shape index (κ1) is 88.9. The third-order valence-electron chi connectivity index (χ3n) is 17.8. The maximum Gasteiger partial charge on any atom is 0.805 e. The van der Waals surface area contributed by atoms with Crippen LogP contribution in [-0.4, -0.2) is 8.80 Å². The monoisotopic (exact) mass is 1780 g/mol. The van der Waals surface area contributed by atoms with E-state index >= 15 is 4.57 Å². The van der Waals surface area contributed by atoms with Crippen molar-refractivity contribution in [2.45, 2.75) is 95.9 Å². The molecule has 0 N–H and O–H groups in total. The number of phosphoric acid groups is 4. The van der Waals surface area contributed by atoms with Gasteiger partial charge < -0.3 is 67.6 Å². The Morgan fingerprint density at radius 3 is 0.738 bits per heavy atom. The minimum atomic E-state index is -4.78. The van der Waals surface area contributed by atoms with Crippen molar-refractivity contribution in [3.8, 4) is 97.7 Å². The van der Waals surface area contributed by atoms with Gasteiger partial charge in [-0.1, -0.05) is 135 Å². The van der Waals surface area contributed by atoms with E-state index in [0.717, 1.165) is 22.3 Å². The third-order valence-corrected chi connectivity index (χ3v) is 27.0. The molecule has 122 heavy (non-hydrogen) atoms. The molecule has 0 aliphatic heterocycles. The standard InChI is InChI=1S/C90H88O25P6Si/c1-13-71(14-2)101-118(93,104-76-43-39-73(40-44-76)97-116(91)99-87-63(5)27-23-28-64(87)6)106-80-51-57-83(58-52-80)113-122(86-37-21-18-22-38-86,114-84-59-53-81(54-60-84)107-119(94,102-72(15-3)16-4)105-77-45-41-74(42-46-77)98-117(92)100-88-65(7)29-24-30-66(88)8)115-85-61-55-82(56-62-85)110-121(96,112-90-69(11)33-26-34-70(90)12)109-79-49-47-78(48-50-79)108-120(95,103-75-35-19-17-20-36-75)111-89-67(9)31-25-32-68(89)10/h13,15,17-62H,14,16H2,1-12H3/q+2/b71-13-,72-15-. The largest absolute Gasteiger partial charge is 0.805 e. The number of phosphoric ester groups is 4. The van der Waals surface area contributed by atoms with Gasteiger partial charge in [-0.25, -0.2) is 18.1 Å². The average Bonchev–Trinajstić information content (AvgIpc) is 0.778. The van der Waals surface area contributed by atoms with Gasteiger partial charge in [-0.2, -0.15) is 18.3 Å². The van der Waals surface area contributed by atoms with Crippen LogP contribution in [0, 0.1) is 55.4 Å². The van der Waals surface area contributed by atoms with Crippen molar-refractivity contribution in [2.75, 3.05) is 0 Å². The number of hydrogen-bond donors (Lipinski definition) is 0. The van der Waals surface area contributed by atoms with E-state index in [1.54, 1.807) is 126 Å². The van der Waals surface area contributed by atoms with Gasteiger partial charge in [0.2, 0.25) is 0 Å². The maximum absolute atomic E-state index is 15.5. The van der Waals surface area contributed by atoms with Crippen LogP contribution in [0.2, 0.25) is 0 Å². The van der Waals surface area contributed by atoms with Gasteiger partial charge in [0.1, 0.15) is 86.3 Å². The van der Waals surface area contributed by atoms with Gasteiger partial charge in [0.05, 0.1) is 5.19 Å². The lowest BCUT2D eigenvalue weighted by Crippen LogP contribution is -2.64. The second-order valence-corrected chi connectivity index (χ2v) is 36.9. The Bertz CT molecular complexity index is 5630. The third kappa shape index (κ3) is 24.3. The van der Waals surface area contributed by atoms with Crippen LogP contribution in [0.5, 0.6) is 97.7 Å². The SMILES string of the molecule is C/C=C(/CC)OP(=O)(Oc1ccc(O[P+](=O)Oc2c(C)cccc2C)cc1)Oc1ccc(O[Si](Oc2ccc(OP(=O)(O/C(=C\C)CC)Oc3ccc(O[P+](=O)Oc4c(C)cccc4C)cc3)cc2)(Oc2ccc(OP(=O)(Oc3ccc(OP(=O)(Oc4ccccc4)Oc4c(C)cccc4C)cc3)Oc3c(C)cccc3C)cc2)c2ccccc2)cc1. The van der Waals surface area contributed by atoms with Gasteiger partial charge >= 0.3 is 56.6 Å². The van der Waals surface area contributed by atoms with E-state index in [1.807, 2.05) is 102 Å². The molecule has 0 spiro atoms. The molecule has 25 nitrogen and oxygen atoms in total. The fraction of sp³-hybridized carbons (Fsp3) is 0.156. The lowest BCUT2D eigenvalue weighted by molar-refractivity contribution is 0.250. The number of aryl methyl sites for hydroxylation is 8. The van der Waals surface area contributed by atoms with Crippen LogP contribution in [0.25, 0.3) is 0 Å². The van der Waals surface area contributed by atoms with E-state index in [2.05, 4.69) is 0 Å². The quantitative estimate of drug-likeness (QED) is 0.0195. The predicted molar refractivity (Wildman–Crippen MR) is 467 cm³/mol. The Hall–Kier alpha value is -12.3. The van der Waals surface area contributed by atoms with Gasteiger partial charge in [-0.15, -0.1) is 0 Å². The van der Waals surface area contributed by atoms with Crippen molar-refractivity contribution in [1.82, 2.24) is 0 Å². The molecule has 0 radical (unpaired) electrons. The van der Waals surface area contributed by atoms with Crippen LogP contribution in [0.4, 0.5) is 0 Å². The summed E-state index contributed by atoms with van der Waals surface area (Å²) in [5.74, 6) is 3.17. The molecule has 6 unspecified atom stereocenters. The molecule has 32 heteroatoms. The summed E-state index contributed by atoms with van der Waals surface area (Å²) in [6.07, 6.45) is 3.90. The van der Waals surface area contributed by atoms with Gasteiger partial charge in [-0.3, -0.25) is 0 Å². The molecule has 0 aliphatic rings. The van der Waals surface area contributed by atoms with Gasteiger partial charge in [0, 0.05) is 22.0 Å². The van der Waals surface area contributed by atoms with E-state index in [9.17, 15) is 22.8 Å². The first-order chi connectivity index (χ1) is 58.6. The summed E-state index contributed by atoms with van der Waals surface area (Å²) in [5.41, 5.74) is 5.75. The Labute approximate surface area is 711 Å². The number of benzene rings is 12. The highest BCUT2D eigenvalue weighted by Crippen LogP contribution is 2.57. The van der Waals surface area contributed by atoms with Crippen LogP contribution in [0.3, 0.4) is 0 Å². The summed E-state index contributed by atoms with van der Waals surface area (Å²) in [7, 11) is -28.3. The molecule has 0 fully saturated rings. The molecular weight excluding hydrogens is 1690 g/mol. The fourth-order valence-corrected chi connectivity index (χ4v) is 21.3. The van der Waals surface area contributed by atoms with Crippen LogP contribution in [0.15, 0.2) is 303 Å². The van der Waals surface area contributed by atoms with Crippen molar-refractivity contribution in [1.29, 1.82) is 0 Å². The second kappa shape index (κ2) is 40.4. The van der Waals surface area contributed by atoms with E-state index in [1.165, 1.54) is 146 Å². The van der Waals surface area contributed by atoms with Gasteiger partial charge in [-0.05, 0) is 284 Å². The fourth-order valence-electron chi connectivity index (χ4n) is 11.8. The van der Waals surface area contributed by atoms with Gasteiger partial charge in [0.25, 0.3) is 0 Å². The van der Waals surface area contributed by atoms with Crippen molar-refractivity contribution in [3.63, 3.8) is 0 Å². The highest BCUT2D eigenvalue weighted by Gasteiger charge is 2.53. The molecule has 0 aromatic heterocycles. The molecule has 0 saturated carbocycles. The first-order valence-electron chi connectivity index (χ1n) is 38.3. The van der Waals surface area contributed by atoms with E-state index < -0.39 is 56.6 Å². The molecule has 12 aromatic rings. The lowest BCUT2D eigenvalue weighted by Gasteiger charge is -2.30. The lowest BCUT2D eigenvalue weighted by atomic mass is 10.1. The summed E-state index contributed by atoms with van der Waals surface area (Å²) in [4.78, 5) is 0. The zero-order chi connectivity index (χ0) is 86.6. The summed E-state index contributed by atoms with van der Waals surface area (Å²) in [5, 5.41) is 0.418. The summed E-state index contributed by atoms with van der Waals surface area (Å²) in [6.45, 7) is 21.6. The zero-order valence-corrected chi connectivity index (χ0v) is 74.9. The first-order valence-corrected chi connectivity index (χ1v) is 48.1. The molecule has 6 atom stereocenters. The minimum absolute atomic E-state index is 0.00491. The molecule has 0 amide bonds. The van der Waals surface area contributed by atoms with E-state index in [-0.39, 0.29) is 80.5 Å². The summed E-state index contributed by atoms with van der Waals surface area (Å²) >= 11 is 0. The number of para-hydroxylation sites is 5. The highest BCUT2D eigenvalue weighted by atomic mass is 31.2. The van der Waals surface area contributed by atoms with Crippen LogP contribution >= 0.6 is 47.8 Å². The molecule has 0 bridgehead atoms. The summed E-state index contributed by atoms with van der Waals surface area (Å²) < 4.78 is 203. The number of allylic oxidation sites excluding steroid dienone is 4. The second-order valence-electron chi connectivity index (χ2n) is 27.2. The molecule has 630 valence electrons. The molecule has 0 saturated heterocycles. The summed E-state index contributed by atoms with van der Waals surface area (Å²) in [6, 6.07) is 74.6. The topological polar surface area (TPSA) is 278 Å². The van der Waals surface area contributed by atoms with E-state index in [4.69, 9.17) is 85.7 Å². The van der Waals surface area contributed by atoms with Crippen LogP contribution in [-0.2, 0) is 36.4 Å². The van der Waals surface area contributed by atoms with Crippen molar-refractivity contribution in [2.24, 2.45) is 0 Å². The molecular formula is C90H88O25P6Si+2. The zero-order valence-electron chi connectivity index (χ0n) is 68.5. The Balaban J connectivity index is 0.836. The Kier molecular flexibility index (Phi) is 29.4. The molecule has 0 aliphatic carbocycles.